The molecule has 0 bridgehead atoms. The highest BCUT2D eigenvalue weighted by Gasteiger charge is 2.30. The minimum Gasteiger partial charge on any atom is -0.449 e. The van der Waals surface area contributed by atoms with Crippen LogP contribution in [0.3, 0.4) is 0 Å². The molecule has 6 heteroatoms. The smallest absolute Gasteiger partial charge is 0.407 e. The minimum absolute atomic E-state index is 0.0317. The summed E-state index contributed by atoms with van der Waals surface area (Å²) in [7, 11) is 0. The van der Waals surface area contributed by atoms with Crippen molar-refractivity contribution < 1.29 is 14.3 Å². The second-order valence-corrected chi connectivity index (χ2v) is 9.37. The molecular weight excluding hydrogens is 448 g/mol. The van der Waals surface area contributed by atoms with Crippen LogP contribution in [-0.2, 0) is 16.1 Å². The fraction of sp³-hybridized carbons (Fsp3) is 0.286. The van der Waals surface area contributed by atoms with E-state index in [-0.39, 0.29) is 24.3 Å². The Morgan fingerprint density at radius 2 is 1.50 bits per heavy atom. The van der Waals surface area contributed by atoms with E-state index in [2.05, 4.69) is 34.9 Å². The van der Waals surface area contributed by atoms with Gasteiger partial charge in [0, 0.05) is 17.5 Å². The summed E-state index contributed by atoms with van der Waals surface area (Å²) in [4.78, 5) is 25.6. The van der Waals surface area contributed by atoms with Gasteiger partial charge in [0.25, 0.3) is 0 Å². The highest BCUT2D eigenvalue weighted by Crippen LogP contribution is 2.44. The summed E-state index contributed by atoms with van der Waals surface area (Å²) in [6, 6.07) is 23.0. The number of carbonyl (C=O) groups is 2. The van der Waals surface area contributed by atoms with E-state index in [1.165, 1.54) is 11.1 Å². The van der Waals surface area contributed by atoms with E-state index in [9.17, 15) is 9.59 Å². The fourth-order valence-electron chi connectivity index (χ4n) is 4.43. The Balaban J connectivity index is 1.39. The van der Waals surface area contributed by atoms with Crippen LogP contribution in [0, 0.1) is 5.92 Å². The second-order valence-electron chi connectivity index (χ2n) is 8.96. The number of hydrogen-bond donors (Lipinski definition) is 2. The number of nitrogens with one attached hydrogen (secondary N) is 2. The lowest BCUT2D eigenvalue weighted by molar-refractivity contribution is -0.123. The molecule has 0 heterocycles. The molecule has 0 radical (unpaired) electrons. The van der Waals surface area contributed by atoms with Crippen LogP contribution in [-0.4, -0.2) is 24.6 Å². The zero-order valence-electron chi connectivity index (χ0n) is 19.4. The molecule has 2 amide bonds. The van der Waals surface area contributed by atoms with Gasteiger partial charge in [0.2, 0.25) is 5.91 Å². The largest absolute Gasteiger partial charge is 0.449 e. The predicted molar refractivity (Wildman–Crippen MR) is 135 cm³/mol. The van der Waals surface area contributed by atoms with Crippen LogP contribution in [0.5, 0.6) is 0 Å². The Morgan fingerprint density at radius 3 is 2.12 bits per heavy atom. The summed E-state index contributed by atoms with van der Waals surface area (Å²) in [6.07, 6.45) is -0.0983. The molecular formula is C28H29ClN2O3. The maximum atomic E-state index is 12.9. The molecule has 0 aliphatic heterocycles. The van der Waals surface area contributed by atoms with Crippen molar-refractivity contribution in [1.82, 2.24) is 10.6 Å². The van der Waals surface area contributed by atoms with Crippen molar-refractivity contribution in [2.45, 2.75) is 38.8 Å². The number of rotatable bonds is 8. The average Bonchev–Trinajstić information content (AvgIpc) is 3.15. The Labute approximate surface area is 205 Å². The molecule has 0 aromatic heterocycles. The molecule has 3 aromatic carbocycles. The molecule has 0 saturated heterocycles. The van der Waals surface area contributed by atoms with Gasteiger partial charge in [-0.15, -0.1) is 0 Å². The minimum atomic E-state index is -0.696. The van der Waals surface area contributed by atoms with Crippen LogP contribution in [0.15, 0.2) is 72.8 Å². The van der Waals surface area contributed by atoms with E-state index in [0.717, 1.165) is 16.7 Å². The SMILES string of the molecule is CC(C)CC(NC(=O)OCC1c2ccccc2-c2ccccc21)C(=O)NCc1ccccc1Cl. The molecule has 0 spiro atoms. The first-order valence-electron chi connectivity index (χ1n) is 11.6. The van der Waals surface area contributed by atoms with Gasteiger partial charge in [0.1, 0.15) is 12.6 Å². The highest BCUT2D eigenvalue weighted by atomic mass is 35.5. The van der Waals surface area contributed by atoms with Gasteiger partial charge in [0.15, 0.2) is 0 Å². The lowest BCUT2D eigenvalue weighted by atomic mass is 9.98. The quantitative estimate of drug-likeness (QED) is 0.424. The van der Waals surface area contributed by atoms with Crippen LogP contribution >= 0.6 is 11.6 Å². The van der Waals surface area contributed by atoms with Gasteiger partial charge in [0.05, 0.1) is 0 Å². The standard InChI is InChI=1S/C28H29ClN2O3/c1-18(2)15-26(27(32)30-16-19-9-3-8-14-25(19)29)31-28(33)34-17-24-22-12-6-4-10-20(22)21-11-5-7-13-23(21)24/h3-14,18,24,26H,15-17H2,1-2H3,(H,30,32)(H,31,33). The molecule has 1 aliphatic carbocycles. The van der Waals surface area contributed by atoms with Crippen LogP contribution in [0.2, 0.25) is 5.02 Å². The number of benzene rings is 3. The van der Waals surface area contributed by atoms with Crippen molar-refractivity contribution in [3.63, 3.8) is 0 Å². The molecule has 1 atom stereocenters. The summed E-state index contributed by atoms with van der Waals surface area (Å²) in [5.41, 5.74) is 5.45. The van der Waals surface area contributed by atoms with E-state index in [1.54, 1.807) is 6.07 Å². The van der Waals surface area contributed by atoms with Crippen molar-refractivity contribution in [3.05, 3.63) is 94.5 Å². The van der Waals surface area contributed by atoms with Crippen LogP contribution in [0.4, 0.5) is 4.79 Å². The lowest BCUT2D eigenvalue weighted by Gasteiger charge is -2.21. The maximum Gasteiger partial charge on any atom is 0.407 e. The van der Waals surface area contributed by atoms with Crippen LogP contribution in [0.25, 0.3) is 11.1 Å². The number of ether oxygens (including phenoxy) is 1. The van der Waals surface area contributed by atoms with Gasteiger partial charge in [-0.25, -0.2) is 4.79 Å². The van der Waals surface area contributed by atoms with Crippen molar-refractivity contribution in [2.75, 3.05) is 6.61 Å². The topological polar surface area (TPSA) is 67.4 Å². The molecule has 34 heavy (non-hydrogen) atoms. The Kier molecular flexibility index (Phi) is 7.53. The summed E-state index contributed by atoms with van der Waals surface area (Å²) < 4.78 is 5.63. The number of halogens is 1. The molecule has 176 valence electrons. The van der Waals surface area contributed by atoms with Gasteiger partial charge in [-0.3, -0.25) is 4.79 Å². The van der Waals surface area contributed by atoms with E-state index in [0.29, 0.717) is 18.0 Å². The van der Waals surface area contributed by atoms with Crippen LogP contribution in [0.1, 0.15) is 42.9 Å². The zero-order valence-corrected chi connectivity index (χ0v) is 20.1. The first-order valence-corrected chi connectivity index (χ1v) is 11.9. The van der Waals surface area contributed by atoms with E-state index >= 15 is 0 Å². The summed E-state index contributed by atoms with van der Waals surface area (Å²) in [6.45, 7) is 4.51. The first-order chi connectivity index (χ1) is 16.4. The first kappa shape index (κ1) is 23.8. The predicted octanol–water partition coefficient (Wildman–Crippen LogP) is 5.91. The Bertz CT molecular complexity index is 1130. The van der Waals surface area contributed by atoms with Gasteiger partial charge in [-0.2, -0.15) is 0 Å². The van der Waals surface area contributed by atoms with Gasteiger partial charge >= 0.3 is 6.09 Å². The number of fused-ring (bicyclic) bond motifs is 3. The Morgan fingerprint density at radius 1 is 0.912 bits per heavy atom. The molecule has 1 unspecified atom stereocenters. The maximum absolute atomic E-state index is 12.9. The molecule has 0 fully saturated rings. The third kappa shape index (κ3) is 5.42. The average molecular weight is 477 g/mol. The molecule has 4 rings (SSSR count). The molecule has 3 aromatic rings. The second kappa shape index (κ2) is 10.7. The van der Waals surface area contributed by atoms with Gasteiger partial charge in [-0.1, -0.05) is 92.2 Å². The highest BCUT2D eigenvalue weighted by molar-refractivity contribution is 6.31. The van der Waals surface area contributed by atoms with Crippen molar-refractivity contribution in [3.8, 4) is 11.1 Å². The number of alkyl carbamates (subject to hydrolysis) is 1. The zero-order chi connectivity index (χ0) is 24.1. The van der Waals surface area contributed by atoms with Crippen LogP contribution < -0.4 is 10.6 Å². The monoisotopic (exact) mass is 476 g/mol. The summed E-state index contributed by atoms with van der Waals surface area (Å²) >= 11 is 6.19. The molecule has 2 N–H and O–H groups in total. The van der Waals surface area contributed by atoms with E-state index in [1.807, 2.05) is 56.3 Å². The molecule has 1 aliphatic rings. The number of carbonyl (C=O) groups excluding carboxylic acids is 2. The van der Waals surface area contributed by atoms with Crippen molar-refractivity contribution >= 4 is 23.6 Å². The van der Waals surface area contributed by atoms with Crippen molar-refractivity contribution in [1.29, 1.82) is 0 Å². The van der Waals surface area contributed by atoms with E-state index < -0.39 is 12.1 Å². The summed E-state index contributed by atoms with van der Waals surface area (Å²) in [5, 5.41) is 6.24. The number of hydrogen-bond acceptors (Lipinski definition) is 3. The van der Waals surface area contributed by atoms with E-state index in [4.69, 9.17) is 16.3 Å². The van der Waals surface area contributed by atoms with Crippen molar-refractivity contribution in [2.24, 2.45) is 5.92 Å². The molecule has 0 saturated carbocycles. The normalized spacial score (nSPS) is 13.2. The fourth-order valence-corrected chi connectivity index (χ4v) is 4.64. The van der Waals surface area contributed by atoms with Gasteiger partial charge < -0.3 is 15.4 Å². The number of amides is 2. The summed E-state index contributed by atoms with van der Waals surface area (Å²) in [5.74, 6) is -0.0807. The third-order valence-corrected chi connectivity index (χ3v) is 6.44. The third-order valence-electron chi connectivity index (χ3n) is 6.07. The lowest BCUT2D eigenvalue weighted by Crippen LogP contribution is -2.47. The molecule has 5 nitrogen and oxygen atoms in total. The van der Waals surface area contributed by atoms with Gasteiger partial charge in [-0.05, 0) is 46.2 Å². The Hall–Kier alpha value is -3.31.